The molecule has 3 aromatic rings. The van der Waals surface area contributed by atoms with Gasteiger partial charge in [0, 0.05) is 0 Å². The maximum absolute atomic E-state index is 3.55. The van der Waals surface area contributed by atoms with E-state index >= 15 is 0 Å². The quantitative estimate of drug-likeness (QED) is 0.492. The fraction of sp³-hybridized carbons (Fsp3) is 0. The summed E-state index contributed by atoms with van der Waals surface area (Å²) >= 11 is 0.404. The minimum absolute atomic E-state index is 0.404. The first-order valence-electron chi connectivity index (χ1n) is 5.97. The summed E-state index contributed by atoms with van der Waals surface area (Å²) in [5.41, 5.74) is 2.53. The molecule has 0 saturated carbocycles. The van der Waals surface area contributed by atoms with Gasteiger partial charge in [0.2, 0.25) is 0 Å². The number of nitrogens with one attached hydrogen (secondary N) is 1. The van der Waals surface area contributed by atoms with Gasteiger partial charge in [-0.3, -0.25) is 0 Å². The Morgan fingerprint density at radius 1 is 0.667 bits per heavy atom. The molecule has 1 nitrogen and oxygen atoms in total. The summed E-state index contributed by atoms with van der Waals surface area (Å²) in [7, 11) is 0. The number of hydrogen-bond acceptors (Lipinski definition) is 1. The van der Waals surface area contributed by atoms with E-state index < -0.39 is 0 Å². The van der Waals surface area contributed by atoms with Crippen molar-refractivity contribution in [2.24, 2.45) is 0 Å². The fourth-order valence-electron chi connectivity index (χ4n) is 2.32. The van der Waals surface area contributed by atoms with E-state index in [-0.39, 0.29) is 0 Å². The second-order valence-electron chi connectivity index (χ2n) is 4.42. The van der Waals surface area contributed by atoms with Gasteiger partial charge in [0.1, 0.15) is 0 Å². The molecule has 0 bridgehead atoms. The Balaban J connectivity index is 1.92. The summed E-state index contributed by atoms with van der Waals surface area (Å²) < 4.78 is 2.88. The van der Waals surface area contributed by atoms with Crippen LogP contribution in [-0.2, 0) is 0 Å². The summed E-state index contributed by atoms with van der Waals surface area (Å²) in [5, 5.41) is 6.19. The topological polar surface area (TPSA) is 12.0 Å². The average Bonchev–Trinajstić information content (AvgIpc) is 2.42. The van der Waals surface area contributed by atoms with Gasteiger partial charge in [0.05, 0.1) is 0 Å². The SMILES string of the molecule is c1ccc2c(c1)Nc1cc3ccccc3cc1[Se]2. The molecule has 3 aromatic carbocycles. The van der Waals surface area contributed by atoms with Crippen LogP contribution in [-0.4, -0.2) is 15.0 Å². The molecule has 2 heteroatoms. The zero-order valence-electron chi connectivity index (χ0n) is 9.68. The number of anilines is 2. The summed E-state index contributed by atoms with van der Waals surface area (Å²) in [4.78, 5) is 0. The third kappa shape index (κ3) is 1.54. The van der Waals surface area contributed by atoms with Gasteiger partial charge < -0.3 is 0 Å². The Morgan fingerprint density at radius 3 is 2.28 bits per heavy atom. The van der Waals surface area contributed by atoms with Crippen molar-refractivity contribution < 1.29 is 0 Å². The van der Waals surface area contributed by atoms with Crippen molar-refractivity contribution in [3.05, 3.63) is 60.7 Å². The van der Waals surface area contributed by atoms with E-state index in [4.69, 9.17) is 0 Å². The molecule has 4 rings (SSSR count). The molecular formula is C16H11NSe. The van der Waals surface area contributed by atoms with Crippen LogP contribution in [0.4, 0.5) is 11.4 Å². The van der Waals surface area contributed by atoms with Crippen LogP contribution < -0.4 is 14.2 Å². The minimum atomic E-state index is 0.404. The van der Waals surface area contributed by atoms with Crippen molar-refractivity contribution in [1.29, 1.82) is 0 Å². The van der Waals surface area contributed by atoms with Crippen molar-refractivity contribution in [2.75, 3.05) is 5.32 Å². The van der Waals surface area contributed by atoms with E-state index in [1.807, 2.05) is 0 Å². The van der Waals surface area contributed by atoms with Gasteiger partial charge in [-0.1, -0.05) is 0 Å². The number of hydrogen-bond donors (Lipinski definition) is 1. The standard InChI is InChI=1S/C16H11NSe/c1-2-6-12-10-16-14(9-11(12)5-1)17-13-7-3-4-8-15(13)18-16/h1-10,17H. The summed E-state index contributed by atoms with van der Waals surface area (Å²) in [5.74, 6) is 0. The normalized spacial score (nSPS) is 12.7. The van der Waals surface area contributed by atoms with E-state index in [9.17, 15) is 0 Å². The summed E-state index contributed by atoms with van der Waals surface area (Å²) in [6.07, 6.45) is 0. The van der Waals surface area contributed by atoms with Crippen LogP contribution in [0.2, 0.25) is 0 Å². The molecule has 1 heterocycles. The molecule has 0 amide bonds. The van der Waals surface area contributed by atoms with Crippen LogP contribution in [0.5, 0.6) is 0 Å². The number of fused-ring (bicyclic) bond motifs is 3. The van der Waals surface area contributed by atoms with Crippen LogP contribution in [0.3, 0.4) is 0 Å². The Morgan fingerprint density at radius 2 is 1.39 bits per heavy atom. The Bertz CT molecular complexity index is 685. The Hall–Kier alpha value is -1.76. The fourth-order valence-corrected chi connectivity index (χ4v) is 4.46. The zero-order valence-corrected chi connectivity index (χ0v) is 11.4. The maximum atomic E-state index is 3.55. The van der Waals surface area contributed by atoms with E-state index in [1.165, 1.54) is 31.1 Å². The van der Waals surface area contributed by atoms with Gasteiger partial charge in [0.15, 0.2) is 0 Å². The average molecular weight is 296 g/mol. The van der Waals surface area contributed by atoms with E-state index in [1.54, 1.807) is 0 Å². The molecule has 86 valence electrons. The predicted molar refractivity (Wildman–Crippen MR) is 78.7 cm³/mol. The molecule has 0 atom stereocenters. The first-order chi connectivity index (χ1) is 8.90. The second kappa shape index (κ2) is 3.87. The summed E-state index contributed by atoms with van der Waals surface area (Å²) in [6, 6.07) is 21.7. The monoisotopic (exact) mass is 297 g/mol. The number of para-hydroxylation sites is 1. The molecule has 0 aromatic heterocycles. The molecule has 1 aliphatic heterocycles. The molecule has 0 radical (unpaired) electrons. The van der Waals surface area contributed by atoms with E-state index in [0.29, 0.717) is 15.0 Å². The predicted octanol–water partition coefficient (Wildman–Crippen LogP) is 2.55. The number of benzene rings is 3. The van der Waals surface area contributed by atoms with Crippen LogP contribution in [0.25, 0.3) is 10.8 Å². The van der Waals surface area contributed by atoms with Gasteiger partial charge in [-0.25, -0.2) is 0 Å². The second-order valence-corrected chi connectivity index (χ2v) is 6.69. The number of rotatable bonds is 0. The van der Waals surface area contributed by atoms with Crippen molar-refractivity contribution in [3.63, 3.8) is 0 Å². The van der Waals surface area contributed by atoms with Crippen LogP contribution in [0.1, 0.15) is 0 Å². The van der Waals surface area contributed by atoms with Crippen molar-refractivity contribution in [1.82, 2.24) is 0 Å². The van der Waals surface area contributed by atoms with Crippen molar-refractivity contribution in [2.45, 2.75) is 0 Å². The molecule has 0 saturated heterocycles. The van der Waals surface area contributed by atoms with E-state index in [2.05, 4.69) is 66.0 Å². The van der Waals surface area contributed by atoms with Gasteiger partial charge in [-0.2, -0.15) is 0 Å². The molecule has 1 N–H and O–H groups in total. The van der Waals surface area contributed by atoms with Crippen LogP contribution >= 0.6 is 0 Å². The van der Waals surface area contributed by atoms with Crippen LogP contribution in [0, 0.1) is 0 Å². The first kappa shape index (κ1) is 10.2. The van der Waals surface area contributed by atoms with E-state index in [0.717, 1.165) is 0 Å². The van der Waals surface area contributed by atoms with Crippen molar-refractivity contribution >= 4 is 46.0 Å². The Kier molecular flexibility index (Phi) is 2.19. The Labute approximate surface area is 112 Å². The van der Waals surface area contributed by atoms with Gasteiger partial charge in [0.25, 0.3) is 0 Å². The third-order valence-electron chi connectivity index (χ3n) is 3.22. The molecule has 0 unspecified atom stereocenters. The van der Waals surface area contributed by atoms with Crippen LogP contribution in [0.15, 0.2) is 60.7 Å². The first-order valence-corrected chi connectivity index (χ1v) is 7.68. The zero-order chi connectivity index (χ0) is 11.9. The molecule has 18 heavy (non-hydrogen) atoms. The van der Waals surface area contributed by atoms with Gasteiger partial charge in [-0.15, -0.1) is 0 Å². The molecule has 0 fully saturated rings. The van der Waals surface area contributed by atoms with Gasteiger partial charge >= 0.3 is 112 Å². The third-order valence-corrected chi connectivity index (χ3v) is 5.60. The summed E-state index contributed by atoms with van der Waals surface area (Å²) in [6.45, 7) is 0. The van der Waals surface area contributed by atoms with Crippen molar-refractivity contribution in [3.8, 4) is 0 Å². The molecule has 0 spiro atoms. The molecule has 1 aliphatic rings. The molecule has 0 aliphatic carbocycles. The van der Waals surface area contributed by atoms with Gasteiger partial charge in [-0.05, 0) is 0 Å². The molecular weight excluding hydrogens is 285 g/mol.